The van der Waals surface area contributed by atoms with E-state index in [1.807, 2.05) is 38.1 Å². The summed E-state index contributed by atoms with van der Waals surface area (Å²) < 4.78 is 12.0. The summed E-state index contributed by atoms with van der Waals surface area (Å²) in [6.45, 7) is 6.82. The Morgan fingerprint density at radius 1 is 1.00 bits per heavy atom. The lowest BCUT2D eigenvalue weighted by Crippen LogP contribution is -2.09. The van der Waals surface area contributed by atoms with E-state index in [0.29, 0.717) is 17.9 Å². The summed E-state index contributed by atoms with van der Waals surface area (Å²) in [6, 6.07) is 11.0. The molecule has 0 spiro atoms. The van der Waals surface area contributed by atoms with Crippen LogP contribution in [0.2, 0.25) is 0 Å². The normalized spacial score (nSPS) is 10.6. The summed E-state index contributed by atoms with van der Waals surface area (Å²) in [5, 5.41) is 0. The van der Waals surface area contributed by atoms with Gasteiger partial charge in [-0.2, -0.15) is 0 Å². The molecule has 4 heteroatoms. The van der Waals surface area contributed by atoms with Crippen molar-refractivity contribution in [2.45, 2.75) is 46.5 Å². The van der Waals surface area contributed by atoms with Gasteiger partial charge in [0.2, 0.25) is 0 Å². The Kier molecular flexibility index (Phi) is 7.51. The number of esters is 1. The molecule has 0 fully saturated rings. The van der Waals surface area contributed by atoms with Crippen LogP contribution in [0.3, 0.4) is 0 Å². The van der Waals surface area contributed by atoms with E-state index in [4.69, 9.17) is 9.47 Å². The summed E-state index contributed by atoms with van der Waals surface area (Å²) in [4.78, 5) is 12.4. The van der Waals surface area contributed by atoms with Crippen molar-refractivity contribution in [3.63, 3.8) is 0 Å². The minimum absolute atomic E-state index is 0.373. The quantitative estimate of drug-likeness (QED) is 0.296. The standard InChI is InChI=1S/C21H25BrO3/c1-4-5-6-7-12-24-20-11-9-17(14-18(20)22)21(23)25-19-10-8-15(2)13-16(19)3/h8-11,13-14H,4-7,12H2,1-3H3. The number of ether oxygens (including phenoxy) is 2. The molecule has 0 amide bonds. The van der Waals surface area contributed by atoms with Gasteiger partial charge in [0.15, 0.2) is 0 Å². The fourth-order valence-electron chi connectivity index (χ4n) is 2.53. The lowest BCUT2D eigenvalue weighted by atomic mass is 10.1. The van der Waals surface area contributed by atoms with Crippen LogP contribution in [0.25, 0.3) is 0 Å². The van der Waals surface area contributed by atoms with Gasteiger partial charge >= 0.3 is 5.97 Å². The lowest BCUT2D eigenvalue weighted by Gasteiger charge is -2.11. The molecule has 0 aromatic heterocycles. The number of unbranched alkanes of at least 4 members (excludes halogenated alkanes) is 3. The van der Waals surface area contributed by atoms with Crippen molar-refractivity contribution >= 4 is 21.9 Å². The van der Waals surface area contributed by atoms with Crippen LogP contribution in [0.1, 0.15) is 54.1 Å². The summed E-state index contributed by atoms with van der Waals surface area (Å²) in [5.41, 5.74) is 2.57. The number of halogens is 1. The van der Waals surface area contributed by atoms with E-state index in [1.165, 1.54) is 19.3 Å². The van der Waals surface area contributed by atoms with E-state index in [9.17, 15) is 4.79 Å². The number of hydrogen-bond donors (Lipinski definition) is 0. The molecule has 0 bridgehead atoms. The Hall–Kier alpha value is -1.81. The van der Waals surface area contributed by atoms with Crippen molar-refractivity contribution in [2.75, 3.05) is 6.61 Å². The molecule has 2 aromatic rings. The molecule has 2 rings (SSSR count). The predicted molar refractivity (Wildman–Crippen MR) is 105 cm³/mol. The molecular formula is C21H25BrO3. The number of rotatable bonds is 8. The Bertz CT molecular complexity index is 725. The van der Waals surface area contributed by atoms with Crippen molar-refractivity contribution in [1.82, 2.24) is 0 Å². The predicted octanol–water partition coefficient (Wildman–Crippen LogP) is 6.24. The van der Waals surface area contributed by atoms with Gasteiger partial charge in [0, 0.05) is 0 Å². The minimum Gasteiger partial charge on any atom is -0.492 e. The summed E-state index contributed by atoms with van der Waals surface area (Å²) in [5.74, 6) is 0.963. The second-order valence-corrected chi connectivity index (χ2v) is 7.07. The number of carbonyl (C=O) groups excluding carboxylic acids is 1. The van der Waals surface area contributed by atoms with Crippen molar-refractivity contribution in [2.24, 2.45) is 0 Å². The molecule has 0 heterocycles. The molecule has 0 saturated heterocycles. The van der Waals surface area contributed by atoms with Gasteiger partial charge in [-0.15, -0.1) is 0 Å². The van der Waals surface area contributed by atoms with Crippen LogP contribution in [0.5, 0.6) is 11.5 Å². The first-order valence-electron chi connectivity index (χ1n) is 8.73. The number of hydrogen-bond acceptors (Lipinski definition) is 3. The van der Waals surface area contributed by atoms with E-state index in [2.05, 4.69) is 22.9 Å². The van der Waals surface area contributed by atoms with Crippen LogP contribution >= 0.6 is 15.9 Å². The average molecular weight is 405 g/mol. The van der Waals surface area contributed by atoms with E-state index in [1.54, 1.807) is 12.1 Å². The highest BCUT2D eigenvalue weighted by Gasteiger charge is 2.13. The smallest absolute Gasteiger partial charge is 0.343 e. The van der Waals surface area contributed by atoms with Crippen LogP contribution < -0.4 is 9.47 Å². The molecule has 0 unspecified atom stereocenters. The SMILES string of the molecule is CCCCCCOc1ccc(C(=O)Oc2ccc(C)cc2C)cc1Br. The van der Waals surface area contributed by atoms with Crippen molar-refractivity contribution in [1.29, 1.82) is 0 Å². The summed E-state index contributed by atoms with van der Waals surface area (Å²) in [7, 11) is 0. The third kappa shape index (κ3) is 5.89. The summed E-state index contributed by atoms with van der Waals surface area (Å²) in [6.07, 6.45) is 4.65. The second kappa shape index (κ2) is 9.62. The molecule has 2 aromatic carbocycles. The van der Waals surface area contributed by atoms with Crippen molar-refractivity contribution in [3.8, 4) is 11.5 Å². The molecule has 0 radical (unpaired) electrons. The third-order valence-electron chi connectivity index (χ3n) is 3.96. The minimum atomic E-state index is -0.373. The van der Waals surface area contributed by atoms with E-state index >= 15 is 0 Å². The Balaban J connectivity index is 1.97. The van der Waals surface area contributed by atoms with Gasteiger partial charge in [-0.1, -0.05) is 43.9 Å². The summed E-state index contributed by atoms with van der Waals surface area (Å²) >= 11 is 3.47. The molecule has 0 aliphatic heterocycles. The third-order valence-corrected chi connectivity index (χ3v) is 4.58. The second-order valence-electron chi connectivity index (χ2n) is 6.21. The number of benzene rings is 2. The van der Waals surface area contributed by atoms with Gasteiger partial charge in [0.1, 0.15) is 11.5 Å². The first-order chi connectivity index (χ1) is 12.0. The number of carbonyl (C=O) groups is 1. The van der Waals surface area contributed by atoms with Crippen LogP contribution in [0.15, 0.2) is 40.9 Å². The fourth-order valence-corrected chi connectivity index (χ4v) is 3.02. The van der Waals surface area contributed by atoms with Gasteiger partial charge in [0.05, 0.1) is 16.6 Å². The zero-order valence-electron chi connectivity index (χ0n) is 15.1. The highest BCUT2D eigenvalue weighted by molar-refractivity contribution is 9.10. The van der Waals surface area contributed by atoms with E-state index < -0.39 is 0 Å². The van der Waals surface area contributed by atoms with Gasteiger partial charge in [-0.05, 0) is 66.0 Å². The molecule has 3 nitrogen and oxygen atoms in total. The van der Waals surface area contributed by atoms with Gasteiger partial charge in [-0.3, -0.25) is 0 Å². The van der Waals surface area contributed by atoms with Crippen LogP contribution in [-0.4, -0.2) is 12.6 Å². The Morgan fingerprint density at radius 3 is 2.44 bits per heavy atom. The molecule has 0 N–H and O–H groups in total. The molecular weight excluding hydrogens is 380 g/mol. The molecule has 134 valence electrons. The highest BCUT2D eigenvalue weighted by Crippen LogP contribution is 2.27. The maximum atomic E-state index is 12.4. The molecule has 0 atom stereocenters. The highest BCUT2D eigenvalue weighted by atomic mass is 79.9. The first-order valence-corrected chi connectivity index (χ1v) is 9.52. The molecule has 25 heavy (non-hydrogen) atoms. The van der Waals surface area contributed by atoms with E-state index in [-0.39, 0.29) is 5.97 Å². The first kappa shape index (κ1) is 19.5. The monoisotopic (exact) mass is 404 g/mol. The molecule has 0 aliphatic rings. The number of aryl methyl sites for hydroxylation is 2. The molecule has 0 saturated carbocycles. The Labute approximate surface area is 158 Å². The maximum Gasteiger partial charge on any atom is 0.343 e. The van der Waals surface area contributed by atoms with Crippen molar-refractivity contribution < 1.29 is 14.3 Å². The average Bonchev–Trinajstić information content (AvgIpc) is 2.58. The zero-order valence-corrected chi connectivity index (χ0v) is 16.7. The van der Waals surface area contributed by atoms with Gasteiger partial charge < -0.3 is 9.47 Å². The maximum absolute atomic E-state index is 12.4. The zero-order chi connectivity index (χ0) is 18.2. The van der Waals surface area contributed by atoms with Crippen LogP contribution in [0, 0.1) is 13.8 Å². The van der Waals surface area contributed by atoms with Crippen LogP contribution in [0.4, 0.5) is 0 Å². The lowest BCUT2D eigenvalue weighted by molar-refractivity contribution is 0.0733. The fraction of sp³-hybridized carbons (Fsp3) is 0.381. The van der Waals surface area contributed by atoms with Crippen LogP contribution in [-0.2, 0) is 0 Å². The largest absolute Gasteiger partial charge is 0.492 e. The van der Waals surface area contributed by atoms with Crippen molar-refractivity contribution in [3.05, 3.63) is 57.6 Å². The van der Waals surface area contributed by atoms with E-state index in [0.717, 1.165) is 27.8 Å². The van der Waals surface area contributed by atoms with Gasteiger partial charge in [0.25, 0.3) is 0 Å². The molecule has 0 aliphatic carbocycles. The topological polar surface area (TPSA) is 35.5 Å². The Morgan fingerprint density at radius 2 is 1.76 bits per heavy atom. The van der Waals surface area contributed by atoms with Gasteiger partial charge in [-0.25, -0.2) is 4.79 Å².